The highest BCUT2D eigenvalue weighted by Crippen LogP contribution is 2.26. The monoisotopic (exact) mass is 480 g/mol. The van der Waals surface area contributed by atoms with E-state index in [9.17, 15) is 19.6 Å². The zero-order valence-electron chi connectivity index (χ0n) is 21.1. The number of carbonyl (C=O) groups excluding carboxylic acids is 3. The van der Waals surface area contributed by atoms with Gasteiger partial charge in [0.2, 0.25) is 0 Å². The third-order valence-electron chi connectivity index (χ3n) is 6.41. The van der Waals surface area contributed by atoms with Crippen molar-refractivity contribution in [3.05, 3.63) is 64.7 Å². The number of nitrogens with zero attached hydrogens (tertiary/aromatic N) is 2. The number of methoxy groups -OCH3 is 1. The molecule has 0 fully saturated rings. The molecule has 2 aromatic carbocycles. The lowest BCUT2D eigenvalue weighted by atomic mass is 10.0. The lowest BCUT2D eigenvalue weighted by Gasteiger charge is -2.41. The van der Waals surface area contributed by atoms with Crippen molar-refractivity contribution < 1.29 is 28.3 Å². The fraction of sp³-hybridized carbons (Fsp3) is 0.407. The van der Waals surface area contributed by atoms with Gasteiger partial charge in [-0.3, -0.25) is 4.79 Å². The number of ether oxygens (including phenoxy) is 2. The molecule has 0 aliphatic rings. The molecule has 0 aromatic heterocycles. The van der Waals surface area contributed by atoms with E-state index in [2.05, 4.69) is 5.32 Å². The Balaban J connectivity index is 2.29. The summed E-state index contributed by atoms with van der Waals surface area (Å²) in [5.41, 5.74) is 2.17. The molecule has 1 atom stereocenters. The van der Waals surface area contributed by atoms with Gasteiger partial charge in [-0.1, -0.05) is 37.3 Å². The SMILES string of the molecule is CCC(C(=O)Nc1c(C)cc(C#N)cc1C(=O)OC)[N+](CC)(CC)CC(=O)OCc1ccccc1. The minimum Gasteiger partial charge on any atom is -0.465 e. The number of benzene rings is 2. The summed E-state index contributed by atoms with van der Waals surface area (Å²) >= 11 is 0. The molecule has 0 heterocycles. The molecule has 35 heavy (non-hydrogen) atoms. The smallest absolute Gasteiger partial charge is 0.362 e. The van der Waals surface area contributed by atoms with Crippen LogP contribution in [0.5, 0.6) is 0 Å². The van der Waals surface area contributed by atoms with Crippen LogP contribution in [-0.2, 0) is 25.7 Å². The predicted molar refractivity (Wildman–Crippen MR) is 132 cm³/mol. The van der Waals surface area contributed by atoms with Crippen LogP contribution in [0.15, 0.2) is 42.5 Å². The maximum atomic E-state index is 13.5. The van der Waals surface area contributed by atoms with Gasteiger partial charge in [-0.25, -0.2) is 9.59 Å². The van der Waals surface area contributed by atoms with Crippen LogP contribution in [-0.4, -0.2) is 55.1 Å². The van der Waals surface area contributed by atoms with Crippen molar-refractivity contribution in [1.29, 1.82) is 5.26 Å². The molecule has 2 rings (SSSR count). The molecule has 1 unspecified atom stereocenters. The second-order valence-corrected chi connectivity index (χ2v) is 8.39. The Morgan fingerprint density at radius 3 is 2.29 bits per heavy atom. The van der Waals surface area contributed by atoms with Crippen LogP contribution in [0, 0.1) is 18.3 Å². The number of anilines is 1. The fourth-order valence-electron chi connectivity index (χ4n) is 4.36. The molecule has 1 amide bonds. The molecule has 0 spiro atoms. The first kappa shape index (κ1) is 27.5. The van der Waals surface area contributed by atoms with E-state index >= 15 is 0 Å². The maximum absolute atomic E-state index is 13.5. The van der Waals surface area contributed by atoms with Gasteiger partial charge in [0.15, 0.2) is 12.6 Å². The lowest BCUT2D eigenvalue weighted by molar-refractivity contribution is -0.932. The van der Waals surface area contributed by atoms with E-state index in [1.165, 1.54) is 13.2 Å². The third-order valence-corrected chi connectivity index (χ3v) is 6.41. The van der Waals surface area contributed by atoms with Crippen LogP contribution >= 0.6 is 0 Å². The van der Waals surface area contributed by atoms with Crippen LogP contribution in [0.1, 0.15) is 54.2 Å². The Bertz CT molecular complexity index is 1090. The van der Waals surface area contributed by atoms with Crippen molar-refractivity contribution in [1.82, 2.24) is 0 Å². The second-order valence-electron chi connectivity index (χ2n) is 8.39. The summed E-state index contributed by atoms with van der Waals surface area (Å²) in [6.45, 7) is 8.79. The van der Waals surface area contributed by atoms with Crippen LogP contribution < -0.4 is 5.32 Å². The molecule has 0 aliphatic carbocycles. The molecule has 0 bridgehead atoms. The average Bonchev–Trinajstić information content (AvgIpc) is 2.88. The highest BCUT2D eigenvalue weighted by atomic mass is 16.5. The summed E-state index contributed by atoms with van der Waals surface area (Å²) in [7, 11) is 1.24. The summed E-state index contributed by atoms with van der Waals surface area (Å²) in [5.74, 6) is -1.34. The molecular weight excluding hydrogens is 446 g/mol. The molecule has 1 N–H and O–H groups in total. The molecule has 0 aliphatic heterocycles. The summed E-state index contributed by atoms with van der Waals surface area (Å²) in [4.78, 5) is 38.7. The van der Waals surface area contributed by atoms with Crippen LogP contribution in [0.3, 0.4) is 0 Å². The highest BCUT2D eigenvalue weighted by molar-refractivity contribution is 6.03. The van der Waals surface area contributed by atoms with Crippen LogP contribution in [0.25, 0.3) is 0 Å². The largest absolute Gasteiger partial charge is 0.465 e. The van der Waals surface area contributed by atoms with Crippen molar-refractivity contribution >= 4 is 23.5 Å². The van der Waals surface area contributed by atoms with Crippen molar-refractivity contribution in [2.24, 2.45) is 0 Å². The number of rotatable bonds is 11. The lowest BCUT2D eigenvalue weighted by Crippen LogP contribution is -2.61. The van der Waals surface area contributed by atoms with Gasteiger partial charge in [0.05, 0.1) is 43.1 Å². The van der Waals surface area contributed by atoms with Gasteiger partial charge in [-0.15, -0.1) is 0 Å². The minimum absolute atomic E-state index is 0.0436. The Labute approximate surface area is 207 Å². The first-order valence-electron chi connectivity index (χ1n) is 11.7. The van der Waals surface area contributed by atoms with Crippen LogP contribution in [0.2, 0.25) is 0 Å². The summed E-state index contributed by atoms with van der Waals surface area (Å²) in [6, 6.07) is 13.9. The van der Waals surface area contributed by atoms with E-state index in [1.54, 1.807) is 13.0 Å². The number of carbonyl (C=O) groups is 3. The summed E-state index contributed by atoms with van der Waals surface area (Å²) in [5, 5.41) is 12.2. The number of hydrogen-bond donors (Lipinski definition) is 1. The van der Waals surface area contributed by atoms with E-state index < -0.39 is 12.0 Å². The Morgan fingerprint density at radius 1 is 1.09 bits per heavy atom. The van der Waals surface area contributed by atoms with Crippen molar-refractivity contribution in [2.75, 3.05) is 32.1 Å². The van der Waals surface area contributed by atoms with Gasteiger partial charge in [0.25, 0.3) is 5.91 Å². The van der Waals surface area contributed by atoms with Gasteiger partial charge >= 0.3 is 11.9 Å². The molecule has 0 saturated heterocycles. The summed E-state index contributed by atoms with van der Waals surface area (Å²) < 4.78 is 10.6. The molecular formula is C27H34N3O5+. The molecule has 8 heteroatoms. The zero-order chi connectivity index (χ0) is 26.0. The third kappa shape index (κ3) is 6.67. The van der Waals surface area contributed by atoms with E-state index in [1.807, 2.05) is 57.2 Å². The van der Waals surface area contributed by atoms with E-state index in [0.29, 0.717) is 36.3 Å². The predicted octanol–water partition coefficient (Wildman–Crippen LogP) is 3.97. The Kier molecular flexibility index (Phi) is 9.98. The van der Waals surface area contributed by atoms with Gasteiger partial charge < -0.3 is 19.3 Å². The minimum atomic E-state index is -0.648. The van der Waals surface area contributed by atoms with E-state index in [-0.39, 0.29) is 35.1 Å². The van der Waals surface area contributed by atoms with E-state index in [4.69, 9.17) is 9.47 Å². The number of likely N-dealkylation sites (N-methyl/N-ethyl adjacent to an activating group) is 1. The molecule has 0 saturated carbocycles. The summed E-state index contributed by atoms with van der Waals surface area (Å²) in [6.07, 6.45) is 0.475. The average molecular weight is 481 g/mol. The first-order valence-corrected chi connectivity index (χ1v) is 11.7. The number of nitrogens with one attached hydrogen (secondary N) is 1. The Morgan fingerprint density at radius 2 is 1.74 bits per heavy atom. The van der Waals surface area contributed by atoms with E-state index in [0.717, 1.165) is 5.56 Å². The first-order chi connectivity index (χ1) is 16.7. The maximum Gasteiger partial charge on any atom is 0.362 e. The standard InChI is InChI=1S/C27H33N3O5/c1-6-23(26(32)29-25-19(4)14-21(16-28)15-22(25)27(33)34-5)30(7-2,8-3)17-24(31)35-18-20-12-10-9-11-13-20/h9-15,23H,6-8,17-18H2,1-5H3/p+1. The second kappa shape index (κ2) is 12.7. The number of amides is 1. The number of esters is 2. The van der Waals surface area contributed by atoms with Crippen molar-refractivity contribution in [3.63, 3.8) is 0 Å². The molecule has 0 radical (unpaired) electrons. The normalized spacial score (nSPS) is 11.8. The number of aryl methyl sites for hydroxylation is 1. The van der Waals surface area contributed by atoms with Crippen LogP contribution in [0.4, 0.5) is 5.69 Å². The number of hydrogen-bond acceptors (Lipinski definition) is 6. The van der Waals surface area contributed by atoms with Gasteiger partial charge in [0, 0.05) is 6.42 Å². The molecule has 186 valence electrons. The van der Waals surface area contributed by atoms with Gasteiger partial charge in [0.1, 0.15) is 6.61 Å². The number of nitriles is 1. The topological polar surface area (TPSA) is 105 Å². The fourth-order valence-corrected chi connectivity index (χ4v) is 4.36. The van der Waals surface area contributed by atoms with Crippen molar-refractivity contribution in [3.8, 4) is 6.07 Å². The molecule has 2 aromatic rings. The van der Waals surface area contributed by atoms with Gasteiger partial charge in [-0.2, -0.15) is 5.26 Å². The highest BCUT2D eigenvalue weighted by Gasteiger charge is 2.41. The molecule has 8 nitrogen and oxygen atoms in total. The quantitative estimate of drug-likeness (QED) is 0.385. The Hall–Kier alpha value is -3.70. The zero-order valence-corrected chi connectivity index (χ0v) is 21.1. The van der Waals surface area contributed by atoms with Crippen molar-refractivity contribution in [2.45, 2.75) is 46.8 Å². The number of quaternary nitrogens is 1. The van der Waals surface area contributed by atoms with Gasteiger partial charge in [-0.05, 0) is 44.0 Å².